The van der Waals surface area contributed by atoms with Crippen LogP contribution in [-0.4, -0.2) is 9.97 Å². The van der Waals surface area contributed by atoms with Crippen molar-refractivity contribution in [2.45, 2.75) is 104 Å². The molecule has 1 aliphatic carbocycles. The van der Waals surface area contributed by atoms with E-state index < -0.39 is 0 Å². The van der Waals surface area contributed by atoms with E-state index in [-0.39, 0.29) is 0 Å². The van der Waals surface area contributed by atoms with Gasteiger partial charge in [0.2, 0.25) is 0 Å². The third-order valence-electron chi connectivity index (χ3n) is 6.99. The molecule has 0 aliphatic heterocycles. The van der Waals surface area contributed by atoms with Crippen LogP contribution in [0.15, 0.2) is 36.7 Å². The summed E-state index contributed by atoms with van der Waals surface area (Å²) in [6.45, 7) is 4.59. The zero-order valence-electron chi connectivity index (χ0n) is 19.4. The molecule has 164 valence electrons. The molecule has 1 saturated carbocycles. The molecule has 0 spiro atoms. The van der Waals surface area contributed by atoms with Crippen molar-refractivity contribution in [1.29, 1.82) is 0 Å². The Morgan fingerprint density at radius 1 is 0.667 bits per heavy atom. The summed E-state index contributed by atoms with van der Waals surface area (Å²) < 4.78 is 0. The van der Waals surface area contributed by atoms with Crippen LogP contribution in [0.4, 0.5) is 0 Å². The first-order valence-electron chi connectivity index (χ1n) is 12.7. The highest BCUT2D eigenvalue weighted by Crippen LogP contribution is 2.33. The molecule has 1 aliphatic rings. The van der Waals surface area contributed by atoms with Crippen LogP contribution in [-0.2, 0) is 12.8 Å². The number of unbranched alkanes of at least 4 members (excludes halogenated alkanes) is 4. The summed E-state index contributed by atoms with van der Waals surface area (Å²) in [5.74, 6) is 2.80. The molecule has 2 heteroatoms. The Hall–Kier alpha value is -1.70. The highest BCUT2D eigenvalue weighted by atomic mass is 14.9. The van der Waals surface area contributed by atoms with E-state index in [0.717, 1.165) is 29.6 Å². The summed E-state index contributed by atoms with van der Waals surface area (Å²) in [7, 11) is 0. The molecular formula is C28H42N2. The van der Waals surface area contributed by atoms with Gasteiger partial charge in [-0.1, -0.05) is 102 Å². The van der Waals surface area contributed by atoms with Gasteiger partial charge in [-0.25, -0.2) is 9.97 Å². The van der Waals surface area contributed by atoms with Crippen LogP contribution < -0.4 is 0 Å². The predicted molar refractivity (Wildman–Crippen MR) is 129 cm³/mol. The number of hydrogen-bond donors (Lipinski definition) is 0. The largest absolute Gasteiger partial charge is 0.236 e. The number of rotatable bonds is 12. The molecule has 1 aromatic heterocycles. The molecule has 1 fully saturated rings. The Labute approximate surface area is 184 Å². The van der Waals surface area contributed by atoms with Crippen molar-refractivity contribution in [3.63, 3.8) is 0 Å². The molecule has 0 amide bonds. The van der Waals surface area contributed by atoms with Crippen molar-refractivity contribution in [3.05, 3.63) is 47.8 Å². The first-order chi connectivity index (χ1) is 14.8. The third kappa shape index (κ3) is 7.52. The smallest absolute Gasteiger partial charge is 0.159 e. The molecule has 1 heterocycles. The van der Waals surface area contributed by atoms with E-state index in [2.05, 4.69) is 48.1 Å². The number of nitrogens with zero attached hydrogens (tertiary/aromatic N) is 2. The Morgan fingerprint density at radius 3 is 1.93 bits per heavy atom. The molecule has 2 nitrogen and oxygen atoms in total. The Bertz CT molecular complexity index is 696. The molecule has 0 atom stereocenters. The minimum absolute atomic E-state index is 0.852. The van der Waals surface area contributed by atoms with Gasteiger partial charge >= 0.3 is 0 Å². The lowest BCUT2D eigenvalue weighted by molar-refractivity contribution is 0.252. The van der Waals surface area contributed by atoms with Crippen LogP contribution in [0.1, 0.15) is 102 Å². The van der Waals surface area contributed by atoms with Gasteiger partial charge in [0.25, 0.3) is 0 Å². The van der Waals surface area contributed by atoms with E-state index in [1.54, 1.807) is 0 Å². The van der Waals surface area contributed by atoms with Crippen LogP contribution >= 0.6 is 0 Å². The van der Waals surface area contributed by atoms with Crippen molar-refractivity contribution in [1.82, 2.24) is 9.97 Å². The van der Waals surface area contributed by atoms with Gasteiger partial charge in [0.15, 0.2) is 5.82 Å². The summed E-state index contributed by atoms with van der Waals surface area (Å²) in [5, 5.41) is 0. The SMILES string of the molecule is CCCCCCCc1cnc(-c2ccc(CC[C@H]3CC[C@H](CCC)CC3)cc2)nc1. The first kappa shape index (κ1) is 23.0. The van der Waals surface area contributed by atoms with Crippen molar-refractivity contribution in [3.8, 4) is 11.4 Å². The highest BCUT2D eigenvalue weighted by Gasteiger charge is 2.20. The quantitative estimate of drug-likeness (QED) is 0.332. The molecule has 30 heavy (non-hydrogen) atoms. The van der Waals surface area contributed by atoms with Crippen molar-refractivity contribution in [2.24, 2.45) is 11.8 Å². The lowest BCUT2D eigenvalue weighted by Crippen LogP contribution is -2.15. The fourth-order valence-corrected chi connectivity index (χ4v) is 4.97. The van der Waals surface area contributed by atoms with E-state index in [9.17, 15) is 0 Å². The third-order valence-corrected chi connectivity index (χ3v) is 6.99. The Morgan fingerprint density at radius 2 is 1.30 bits per heavy atom. The van der Waals surface area contributed by atoms with Crippen LogP contribution in [0.2, 0.25) is 0 Å². The molecule has 0 bridgehead atoms. The average Bonchev–Trinajstić information content (AvgIpc) is 2.79. The molecule has 3 rings (SSSR count). The number of aryl methyl sites for hydroxylation is 2. The summed E-state index contributed by atoms with van der Waals surface area (Å²) in [4.78, 5) is 9.25. The van der Waals surface area contributed by atoms with Crippen molar-refractivity contribution < 1.29 is 0 Å². The maximum Gasteiger partial charge on any atom is 0.159 e. The predicted octanol–water partition coefficient (Wildman–Crippen LogP) is 8.20. The van der Waals surface area contributed by atoms with Gasteiger partial charge in [-0.2, -0.15) is 0 Å². The van der Waals surface area contributed by atoms with Gasteiger partial charge in [-0.3, -0.25) is 0 Å². The monoisotopic (exact) mass is 406 g/mol. The summed E-state index contributed by atoms with van der Waals surface area (Å²) >= 11 is 0. The van der Waals surface area contributed by atoms with Gasteiger partial charge < -0.3 is 0 Å². The molecule has 0 unspecified atom stereocenters. The normalized spacial score (nSPS) is 19.1. The van der Waals surface area contributed by atoms with E-state index in [1.807, 2.05) is 12.4 Å². The van der Waals surface area contributed by atoms with E-state index in [4.69, 9.17) is 0 Å². The first-order valence-corrected chi connectivity index (χ1v) is 12.7. The number of benzene rings is 1. The topological polar surface area (TPSA) is 25.8 Å². The summed E-state index contributed by atoms with van der Waals surface area (Å²) in [5.41, 5.74) is 3.85. The molecule has 0 radical (unpaired) electrons. The number of aromatic nitrogens is 2. The van der Waals surface area contributed by atoms with E-state index >= 15 is 0 Å². The Kier molecular flexibility index (Phi) is 9.86. The second-order valence-electron chi connectivity index (χ2n) is 9.49. The molecule has 2 aromatic rings. The summed E-state index contributed by atoms with van der Waals surface area (Å²) in [6.07, 6.45) is 22.9. The fourth-order valence-electron chi connectivity index (χ4n) is 4.97. The van der Waals surface area contributed by atoms with E-state index in [0.29, 0.717) is 0 Å². The maximum atomic E-state index is 4.62. The van der Waals surface area contributed by atoms with Gasteiger partial charge in [0.1, 0.15) is 0 Å². The van der Waals surface area contributed by atoms with Crippen LogP contribution in [0.5, 0.6) is 0 Å². The van der Waals surface area contributed by atoms with Gasteiger partial charge in [-0.15, -0.1) is 0 Å². The highest BCUT2D eigenvalue weighted by molar-refractivity contribution is 5.55. The van der Waals surface area contributed by atoms with Crippen LogP contribution in [0.25, 0.3) is 11.4 Å². The lowest BCUT2D eigenvalue weighted by Gasteiger charge is -2.28. The van der Waals surface area contributed by atoms with Crippen molar-refractivity contribution >= 4 is 0 Å². The molecule has 1 aromatic carbocycles. The number of hydrogen-bond acceptors (Lipinski definition) is 2. The maximum absolute atomic E-state index is 4.62. The Balaban J connectivity index is 1.42. The molecular weight excluding hydrogens is 364 g/mol. The average molecular weight is 407 g/mol. The minimum atomic E-state index is 0.852. The second-order valence-corrected chi connectivity index (χ2v) is 9.49. The minimum Gasteiger partial charge on any atom is -0.236 e. The zero-order valence-corrected chi connectivity index (χ0v) is 19.4. The van der Waals surface area contributed by atoms with Crippen LogP contribution in [0.3, 0.4) is 0 Å². The zero-order chi connectivity index (χ0) is 21.0. The van der Waals surface area contributed by atoms with E-state index in [1.165, 1.54) is 94.6 Å². The second kappa shape index (κ2) is 12.9. The fraction of sp³-hybridized carbons (Fsp3) is 0.643. The molecule has 0 N–H and O–H groups in total. The van der Waals surface area contributed by atoms with Crippen LogP contribution in [0, 0.1) is 11.8 Å². The van der Waals surface area contributed by atoms with Gasteiger partial charge in [0.05, 0.1) is 0 Å². The lowest BCUT2D eigenvalue weighted by atomic mass is 9.78. The summed E-state index contributed by atoms with van der Waals surface area (Å²) in [6, 6.07) is 8.96. The van der Waals surface area contributed by atoms with Gasteiger partial charge in [-0.05, 0) is 48.6 Å². The standard InChI is InChI=1S/C28H42N2/c1-3-5-6-7-8-10-26-21-29-28(30-22-26)27-19-17-25(18-20-27)16-15-24-13-11-23(9-4-2)12-14-24/h17-24H,3-16H2,1-2H3/t23-,24-. The van der Waals surface area contributed by atoms with Crippen molar-refractivity contribution in [2.75, 3.05) is 0 Å². The van der Waals surface area contributed by atoms with Gasteiger partial charge in [0, 0.05) is 18.0 Å². The molecule has 0 saturated heterocycles.